The lowest BCUT2D eigenvalue weighted by Crippen LogP contribution is -2.55. The van der Waals surface area contributed by atoms with Gasteiger partial charge in [-0.05, 0) is 6.42 Å². The third-order valence-corrected chi connectivity index (χ3v) is 3.59. The highest BCUT2D eigenvalue weighted by atomic mass is 32.2. The van der Waals surface area contributed by atoms with E-state index in [1.807, 2.05) is 5.32 Å². The summed E-state index contributed by atoms with van der Waals surface area (Å²) in [6.45, 7) is -0.0285. The molecule has 13 nitrogen and oxygen atoms in total. The van der Waals surface area contributed by atoms with E-state index in [1.54, 1.807) is 0 Å². The second kappa shape index (κ2) is 9.41. The summed E-state index contributed by atoms with van der Waals surface area (Å²) in [7, 11) is 0. The van der Waals surface area contributed by atoms with Crippen LogP contribution in [0.5, 0.6) is 0 Å². The number of hydrogen-bond acceptors (Lipinski definition) is 8. The lowest BCUT2D eigenvalue weighted by molar-refractivity contribution is -0.142. The van der Waals surface area contributed by atoms with Crippen LogP contribution in [0.3, 0.4) is 0 Å². The molecule has 0 aliphatic carbocycles. The standard InChI is InChI=1S/C11H15N5O8S/c17-6(18)2-1-3-12-10(22)14-11(23)16-5(4-25-15-24)8(19)13-7(16)9(20)21/h5,7H,1-4H2,(H,13,19)(H,17,18)(H,20,21)(H2,12,14,22,23)/t5-,7+/m0/s1. The van der Waals surface area contributed by atoms with Gasteiger partial charge >= 0.3 is 24.0 Å². The zero-order valence-electron chi connectivity index (χ0n) is 12.6. The summed E-state index contributed by atoms with van der Waals surface area (Å²) in [4.78, 5) is 67.7. The Morgan fingerprint density at radius 2 is 1.96 bits per heavy atom. The molecule has 2 atom stereocenters. The summed E-state index contributed by atoms with van der Waals surface area (Å²) in [5, 5.41) is 23.6. The maximum atomic E-state index is 12.1. The Balaban J connectivity index is 2.68. The first-order valence-corrected chi connectivity index (χ1v) is 7.79. The fourth-order valence-corrected chi connectivity index (χ4v) is 2.46. The van der Waals surface area contributed by atoms with Crippen LogP contribution in [0.2, 0.25) is 0 Å². The molecule has 138 valence electrons. The fraction of sp³-hybridized carbons (Fsp3) is 0.545. The molecule has 0 aromatic carbocycles. The molecule has 5 N–H and O–H groups in total. The van der Waals surface area contributed by atoms with E-state index in [2.05, 4.69) is 15.2 Å². The zero-order chi connectivity index (χ0) is 19.0. The van der Waals surface area contributed by atoms with Crippen LogP contribution in [0.1, 0.15) is 12.8 Å². The number of aliphatic carboxylic acids is 2. The first kappa shape index (κ1) is 20.1. The Morgan fingerprint density at radius 3 is 2.52 bits per heavy atom. The quantitative estimate of drug-likeness (QED) is 0.198. The van der Waals surface area contributed by atoms with Gasteiger partial charge < -0.3 is 20.8 Å². The van der Waals surface area contributed by atoms with E-state index < -0.39 is 42.1 Å². The van der Waals surface area contributed by atoms with Gasteiger partial charge in [0.25, 0.3) is 0 Å². The van der Waals surface area contributed by atoms with Crippen molar-refractivity contribution < 1.29 is 34.2 Å². The number of carbonyl (C=O) groups excluding carboxylic acids is 3. The van der Waals surface area contributed by atoms with Gasteiger partial charge in [0.2, 0.25) is 12.1 Å². The predicted octanol–water partition coefficient (Wildman–Crippen LogP) is -1.10. The second-order valence-electron chi connectivity index (χ2n) is 4.73. The van der Waals surface area contributed by atoms with Gasteiger partial charge in [0.1, 0.15) is 6.04 Å². The SMILES string of the molecule is O=NSC[C@H]1C(=O)N[C@@H](C(=O)O)N1C(=O)NC(=O)NCCCC(=O)O. The summed E-state index contributed by atoms with van der Waals surface area (Å²) in [5.74, 6) is -3.67. The molecule has 0 aromatic heterocycles. The Labute approximate surface area is 144 Å². The first-order chi connectivity index (χ1) is 11.8. The van der Waals surface area contributed by atoms with Gasteiger partial charge in [-0.2, -0.15) is 0 Å². The lowest BCUT2D eigenvalue weighted by Gasteiger charge is -2.24. The van der Waals surface area contributed by atoms with Crippen LogP contribution in [0.15, 0.2) is 4.58 Å². The molecule has 1 aliphatic heterocycles. The van der Waals surface area contributed by atoms with Crippen molar-refractivity contribution in [2.45, 2.75) is 25.0 Å². The van der Waals surface area contributed by atoms with Crippen LogP contribution in [0.25, 0.3) is 0 Å². The number of rotatable bonds is 8. The molecule has 5 amide bonds. The maximum Gasteiger partial charge on any atom is 0.347 e. The van der Waals surface area contributed by atoms with E-state index in [-0.39, 0.29) is 25.1 Å². The van der Waals surface area contributed by atoms with Crippen molar-refractivity contribution in [2.24, 2.45) is 4.58 Å². The molecule has 0 spiro atoms. The number of carboxylic acids is 2. The number of imide groups is 1. The third-order valence-electron chi connectivity index (χ3n) is 3.02. The molecule has 1 rings (SSSR count). The molecule has 25 heavy (non-hydrogen) atoms. The molecule has 14 heteroatoms. The molecule has 0 radical (unpaired) electrons. The van der Waals surface area contributed by atoms with Crippen molar-refractivity contribution in [3.8, 4) is 0 Å². The average Bonchev–Trinajstić information content (AvgIpc) is 2.86. The Morgan fingerprint density at radius 1 is 1.28 bits per heavy atom. The number of hydrogen-bond donors (Lipinski definition) is 5. The Bertz CT molecular complexity index is 585. The minimum absolute atomic E-state index is 0.0285. The van der Waals surface area contributed by atoms with Crippen molar-refractivity contribution in [3.05, 3.63) is 4.91 Å². The molecule has 0 saturated carbocycles. The van der Waals surface area contributed by atoms with Crippen molar-refractivity contribution in [3.63, 3.8) is 0 Å². The highest BCUT2D eigenvalue weighted by molar-refractivity contribution is 7.97. The lowest BCUT2D eigenvalue weighted by atomic mass is 10.3. The largest absolute Gasteiger partial charge is 0.481 e. The molecule has 1 heterocycles. The van der Waals surface area contributed by atoms with Crippen molar-refractivity contribution in [1.82, 2.24) is 20.9 Å². The monoisotopic (exact) mass is 377 g/mol. The van der Waals surface area contributed by atoms with E-state index in [4.69, 9.17) is 10.2 Å². The molecule has 1 aliphatic rings. The fourth-order valence-electron chi connectivity index (χ4n) is 1.95. The highest BCUT2D eigenvalue weighted by Gasteiger charge is 2.46. The molecule has 0 aromatic rings. The predicted molar refractivity (Wildman–Crippen MR) is 82.2 cm³/mol. The Hall–Kier alpha value is -2.90. The van der Waals surface area contributed by atoms with Gasteiger partial charge in [0, 0.05) is 35.2 Å². The second-order valence-corrected chi connectivity index (χ2v) is 5.47. The third kappa shape index (κ3) is 5.91. The number of nitrogens with zero attached hydrogens (tertiary/aromatic N) is 2. The minimum atomic E-state index is -1.70. The van der Waals surface area contributed by atoms with Crippen molar-refractivity contribution in [1.29, 1.82) is 0 Å². The molecule has 0 bridgehead atoms. The molecule has 0 unspecified atom stereocenters. The van der Waals surface area contributed by atoms with Crippen molar-refractivity contribution >= 4 is 41.9 Å². The summed E-state index contributed by atoms with van der Waals surface area (Å²) in [5.41, 5.74) is 0. The van der Waals surface area contributed by atoms with E-state index >= 15 is 0 Å². The van der Waals surface area contributed by atoms with E-state index in [1.165, 1.54) is 0 Å². The van der Waals surface area contributed by atoms with E-state index in [9.17, 15) is 28.9 Å². The number of nitroso groups, excluding NO2 is 1. The Kier molecular flexibility index (Phi) is 7.58. The molecular weight excluding hydrogens is 362 g/mol. The summed E-state index contributed by atoms with van der Waals surface area (Å²) < 4.78 is 2.48. The zero-order valence-corrected chi connectivity index (χ0v) is 13.4. The number of amides is 5. The van der Waals surface area contributed by atoms with E-state index in [0.717, 1.165) is 0 Å². The maximum absolute atomic E-state index is 12.1. The number of carbonyl (C=O) groups is 5. The van der Waals surface area contributed by atoms with Gasteiger partial charge in [-0.3, -0.25) is 19.8 Å². The van der Waals surface area contributed by atoms with Gasteiger partial charge in [0.15, 0.2) is 0 Å². The number of nitrogens with one attached hydrogen (secondary N) is 3. The summed E-state index contributed by atoms with van der Waals surface area (Å²) in [6, 6.07) is -3.46. The van der Waals surface area contributed by atoms with Crippen LogP contribution < -0.4 is 16.0 Å². The van der Waals surface area contributed by atoms with Gasteiger partial charge in [0.05, 0.1) is 0 Å². The molecule has 1 saturated heterocycles. The molecule has 1 fully saturated rings. The smallest absolute Gasteiger partial charge is 0.347 e. The van der Waals surface area contributed by atoms with Crippen LogP contribution in [-0.4, -0.2) is 69.5 Å². The summed E-state index contributed by atoms with van der Waals surface area (Å²) >= 11 is 0.420. The van der Waals surface area contributed by atoms with Crippen LogP contribution in [0.4, 0.5) is 9.59 Å². The summed E-state index contributed by atoms with van der Waals surface area (Å²) in [6.07, 6.45) is -1.76. The normalized spacial score (nSPS) is 19.0. The van der Waals surface area contributed by atoms with Crippen LogP contribution in [-0.2, 0) is 14.4 Å². The van der Waals surface area contributed by atoms with Gasteiger partial charge in [-0.15, -0.1) is 4.91 Å². The van der Waals surface area contributed by atoms with Gasteiger partial charge in [-0.25, -0.2) is 14.4 Å². The highest BCUT2D eigenvalue weighted by Crippen LogP contribution is 2.18. The molecular formula is C11H15N5O8S. The first-order valence-electron chi connectivity index (χ1n) is 6.84. The van der Waals surface area contributed by atoms with Crippen LogP contribution >= 0.6 is 11.9 Å². The minimum Gasteiger partial charge on any atom is -0.481 e. The number of urea groups is 2. The van der Waals surface area contributed by atoms with Crippen LogP contribution in [0, 0.1) is 4.91 Å². The number of carboxylic acid groups (broad SMARTS) is 2. The van der Waals surface area contributed by atoms with Crippen molar-refractivity contribution in [2.75, 3.05) is 12.3 Å². The van der Waals surface area contributed by atoms with Gasteiger partial charge in [-0.1, -0.05) is 0 Å². The van der Waals surface area contributed by atoms with E-state index in [0.29, 0.717) is 16.8 Å². The average molecular weight is 377 g/mol. The topological polar surface area (TPSA) is 195 Å².